The predicted molar refractivity (Wildman–Crippen MR) is 101 cm³/mol. The van der Waals surface area contributed by atoms with Gasteiger partial charge in [0.1, 0.15) is 0 Å². The molecule has 4 aromatic rings. The van der Waals surface area contributed by atoms with Crippen molar-refractivity contribution in [2.24, 2.45) is 0 Å². The van der Waals surface area contributed by atoms with E-state index >= 15 is 0 Å². The Morgan fingerprint density at radius 3 is 1.55 bits per heavy atom. The molecule has 2 N–H and O–H groups in total. The molecular weight excluding hydrogens is 404 g/mol. The lowest BCUT2D eigenvalue weighted by molar-refractivity contribution is 1.41. The molecule has 0 aliphatic carbocycles. The number of hydrogen-bond donors (Lipinski definition) is 2. The molecule has 0 aliphatic rings. The van der Waals surface area contributed by atoms with Crippen LogP contribution in [0.3, 0.4) is 0 Å². The highest BCUT2D eigenvalue weighted by atomic mass is 79.9. The molecule has 0 aliphatic heterocycles. The molecule has 22 heavy (non-hydrogen) atoms. The fourth-order valence-corrected chi connectivity index (χ4v) is 3.32. The van der Waals surface area contributed by atoms with Gasteiger partial charge in [-0.3, -0.25) is 0 Å². The van der Waals surface area contributed by atoms with Gasteiger partial charge in [0, 0.05) is 42.1 Å². The summed E-state index contributed by atoms with van der Waals surface area (Å²) in [5, 5.41) is 2.42. The minimum Gasteiger partial charge on any atom is -0.355 e. The minimum atomic E-state index is 1.08. The molecule has 0 atom stereocenters. The summed E-state index contributed by atoms with van der Waals surface area (Å²) < 4.78 is 2.16. The molecule has 2 heterocycles. The van der Waals surface area contributed by atoms with E-state index in [0.717, 1.165) is 31.4 Å². The zero-order chi connectivity index (χ0) is 15.1. The van der Waals surface area contributed by atoms with Gasteiger partial charge in [0.2, 0.25) is 0 Å². The number of nitrogens with one attached hydrogen (secondary N) is 2. The van der Waals surface area contributed by atoms with Crippen molar-refractivity contribution in [2.45, 2.75) is 0 Å². The van der Waals surface area contributed by atoms with E-state index in [9.17, 15) is 0 Å². The molecule has 0 unspecified atom stereocenters. The molecule has 0 fully saturated rings. The molecule has 2 nitrogen and oxygen atoms in total. The molecule has 0 saturated heterocycles. The van der Waals surface area contributed by atoms with Crippen molar-refractivity contribution in [2.75, 3.05) is 0 Å². The summed E-state index contributed by atoms with van der Waals surface area (Å²) in [5.41, 5.74) is 4.45. The lowest BCUT2D eigenvalue weighted by Gasteiger charge is -1.90. The number of rotatable bonds is 2. The third-order valence-electron chi connectivity index (χ3n) is 3.65. The monoisotopic (exact) mass is 414 g/mol. The van der Waals surface area contributed by atoms with Crippen LogP contribution in [0, 0.1) is 0 Å². The van der Waals surface area contributed by atoms with E-state index in [4.69, 9.17) is 0 Å². The van der Waals surface area contributed by atoms with Gasteiger partial charge >= 0.3 is 0 Å². The van der Waals surface area contributed by atoms with Crippen molar-refractivity contribution in [1.29, 1.82) is 0 Å². The second kappa shape index (κ2) is 5.45. The molecule has 0 spiro atoms. The lowest BCUT2D eigenvalue weighted by Crippen LogP contribution is -1.72. The standard InChI is InChI=1S/C18H12Br2N2/c19-13-3-1-11-7-15(21-17(11)9-13)5-6-16-8-12-2-4-14(20)10-18(12)22-16/h1-10,21-22H/b6-5+. The van der Waals surface area contributed by atoms with Gasteiger partial charge in [-0.05, 0) is 48.6 Å². The molecule has 2 aromatic heterocycles. The van der Waals surface area contributed by atoms with Crippen LogP contribution in [0.15, 0.2) is 57.5 Å². The quantitative estimate of drug-likeness (QED) is 0.382. The van der Waals surface area contributed by atoms with E-state index in [1.165, 1.54) is 10.8 Å². The number of aromatic amines is 2. The smallest absolute Gasteiger partial charge is 0.0469 e. The molecule has 0 saturated carbocycles. The Labute approximate surface area is 144 Å². The average Bonchev–Trinajstić information content (AvgIpc) is 3.07. The Balaban J connectivity index is 1.68. The third-order valence-corrected chi connectivity index (χ3v) is 4.64. The first-order valence-corrected chi connectivity index (χ1v) is 8.51. The van der Waals surface area contributed by atoms with E-state index in [-0.39, 0.29) is 0 Å². The maximum atomic E-state index is 3.50. The third kappa shape index (κ3) is 2.64. The van der Waals surface area contributed by atoms with Crippen molar-refractivity contribution >= 4 is 65.8 Å². The SMILES string of the molecule is Brc1ccc2cc(/C=C/c3cc4ccc(Br)cc4[nH]3)[nH]c2c1. The number of aromatic nitrogens is 2. The minimum absolute atomic E-state index is 1.08. The topological polar surface area (TPSA) is 31.6 Å². The number of H-pyrrole nitrogens is 2. The zero-order valence-corrected chi connectivity index (χ0v) is 14.7. The number of halogens is 2. The van der Waals surface area contributed by atoms with Crippen LogP contribution < -0.4 is 0 Å². The summed E-state index contributed by atoms with van der Waals surface area (Å²) in [6, 6.07) is 16.8. The van der Waals surface area contributed by atoms with Crippen LogP contribution in [0.25, 0.3) is 34.0 Å². The molecule has 108 valence electrons. The first kappa shape index (κ1) is 13.9. The van der Waals surface area contributed by atoms with E-state index in [0.29, 0.717) is 0 Å². The molecule has 4 rings (SSSR count). The van der Waals surface area contributed by atoms with Gasteiger partial charge < -0.3 is 9.97 Å². The Bertz CT molecular complexity index is 926. The number of fused-ring (bicyclic) bond motifs is 2. The van der Waals surface area contributed by atoms with Crippen molar-refractivity contribution < 1.29 is 0 Å². The van der Waals surface area contributed by atoms with E-state index < -0.39 is 0 Å². The van der Waals surface area contributed by atoms with Gasteiger partial charge in [-0.15, -0.1) is 0 Å². The highest BCUT2D eigenvalue weighted by Gasteiger charge is 2.01. The molecular formula is C18H12Br2N2. The van der Waals surface area contributed by atoms with Gasteiger partial charge in [-0.25, -0.2) is 0 Å². The molecule has 0 amide bonds. The van der Waals surface area contributed by atoms with Gasteiger partial charge in [0.05, 0.1) is 0 Å². The van der Waals surface area contributed by atoms with Crippen LogP contribution in [-0.4, -0.2) is 9.97 Å². The largest absolute Gasteiger partial charge is 0.355 e. The summed E-state index contributed by atoms with van der Waals surface area (Å²) >= 11 is 6.99. The van der Waals surface area contributed by atoms with Crippen molar-refractivity contribution in [3.63, 3.8) is 0 Å². The summed E-state index contributed by atoms with van der Waals surface area (Å²) in [5.74, 6) is 0. The van der Waals surface area contributed by atoms with Crippen molar-refractivity contribution in [3.05, 3.63) is 68.9 Å². The van der Waals surface area contributed by atoms with Crippen LogP contribution in [0.2, 0.25) is 0 Å². The van der Waals surface area contributed by atoms with Crippen LogP contribution in [0.4, 0.5) is 0 Å². The Morgan fingerprint density at radius 2 is 1.09 bits per heavy atom. The van der Waals surface area contributed by atoms with Crippen molar-refractivity contribution in [1.82, 2.24) is 9.97 Å². The molecule has 0 radical (unpaired) electrons. The molecule has 0 bridgehead atoms. The average molecular weight is 416 g/mol. The fourth-order valence-electron chi connectivity index (χ4n) is 2.60. The number of benzene rings is 2. The van der Waals surface area contributed by atoms with Crippen LogP contribution in [-0.2, 0) is 0 Å². The summed E-state index contributed by atoms with van der Waals surface area (Å²) in [7, 11) is 0. The van der Waals surface area contributed by atoms with Crippen LogP contribution >= 0.6 is 31.9 Å². The molecule has 2 aromatic carbocycles. The molecule has 4 heteroatoms. The Kier molecular flexibility index (Phi) is 3.43. The maximum absolute atomic E-state index is 3.50. The second-order valence-corrected chi connectivity index (χ2v) is 7.08. The van der Waals surface area contributed by atoms with Gasteiger partial charge in [0.25, 0.3) is 0 Å². The first-order chi connectivity index (χ1) is 10.7. The number of hydrogen-bond acceptors (Lipinski definition) is 0. The fraction of sp³-hybridized carbons (Fsp3) is 0. The van der Waals surface area contributed by atoms with E-state index in [1.54, 1.807) is 0 Å². The van der Waals surface area contributed by atoms with E-state index in [1.807, 2.05) is 0 Å². The van der Waals surface area contributed by atoms with E-state index in [2.05, 4.69) is 103 Å². The predicted octanol–water partition coefficient (Wildman–Crippen LogP) is 6.34. The highest BCUT2D eigenvalue weighted by Crippen LogP contribution is 2.23. The van der Waals surface area contributed by atoms with Gasteiger partial charge in [-0.2, -0.15) is 0 Å². The Morgan fingerprint density at radius 1 is 0.636 bits per heavy atom. The normalized spacial score (nSPS) is 11.9. The zero-order valence-electron chi connectivity index (χ0n) is 11.5. The van der Waals surface area contributed by atoms with Crippen molar-refractivity contribution in [3.8, 4) is 0 Å². The highest BCUT2D eigenvalue weighted by molar-refractivity contribution is 9.10. The lowest BCUT2D eigenvalue weighted by atomic mass is 10.2. The summed E-state index contributed by atoms with van der Waals surface area (Å²) in [4.78, 5) is 6.82. The van der Waals surface area contributed by atoms with Crippen LogP contribution in [0.1, 0.15) is 11.4 Å². The van der Waals surface area contributed by atoms with Gasteiger partial charge in [-0.1, -0.05) is 44.0 Å². The first-order valence-electron chi connectivity index (χ1n) is 6.92. The summed E-state index contributed by atoms with van der Waals surface area (Å²) in [6.07, 6.45) is 4.18. The Hall–Kier alpha value is -1.78. The second-order valence-electron chi connectivity index (χ2n) is 5.25. The maximum Gasteiger partial charge on any atom is 0.0469 e. The summed E-state index contributed by atoms with van der Waals surface area (Å²) in [6.45, 7) is 0. The van der Waals surface area contributed by atoms with Gasteiger partial charge in [0.15, 0.2) is 0 Å². The van der Waals surface area contributed by atoms with Crippen LogP contribution in [0.5, 0.6) is 0 Å².